The number of H-pyrrole nitrogens is 1. The second-order valence-corrected chi connectivity index (χ2v) is 5.68. The summed E-state index contributed by atoms with van der Waals surface area (Å²) in [6.07, 6.45) is 4.13. The molecule has 5 nitrogen and oxygen atoms in total. The lowest BCUT2D eigenvalue weighted by atomic mass is 9.57. The van der Waals surface area contributed by atoms with Gasteiger partial charge in [-0.15, -0.1) is 0 Å². The molecular weight excluding hydrogens is 216 g/mol. The van der Waals surface area contributed by atoms with Crippen molar-refractivity contribution in [1.82, 2.24) is 20.5 Å². The van der Waals surface area contributed by atoms with Gasteiger partial charge in [0, 0.05) is 36.9 Å². The molecule has 0 aromatic carbocycles. The lowest BCUT2D eigenvalue weighted by molar-refractivity contribution is -0.112. The van der Waals surface area contributed by atoms with Crippen LogP contribution in [0.1, 0.15) is 26.1 Å². The van der Waals surface area contributed by atoms with Crippen LogP contribution >= 0.6 is 0 Å². The topological polar surface area (TPSA) is 62.8 Å². The predicted octanol–water partition coefficient (Wildman–Crippen LogP) is 0.750. The van der Waals surface area contributed by atoms with Crippen LogP contribution < -0.4 is 5.32 Å². The largest absolute Gasteiger partial charge is 0.377 e. The zero-order chi connectivity index (χ0) is 11.9. The Hall–Kier alpha value is -0.940. The van der Waals surface area contributed by atoms with Gasteiger partial charge in [-0.3, -0.25) is 5.10 Å². The van der Waals surface area contributed by atoms with Gasteiger partial charge in [0.2, 0.25) is 0 Å². The van der Waals surface area contributed by atoms with Crippen LogP contribution in [0, 0.1) is 11.3 Å². The molecule has 1 aromatic heterocycles. The minimum absolute atomic E-state index is 0.266. The van der Waals surface area contributed by atoms with E-state index in [0.717, 1.165) is 25.4 Å². The molecule has 2 fully saturated rings. The molecule has 3 atom stereocenters. The third-order valence-corrected chi connectivity index (χ3v) is 4.29. The highest BCUT2D eigenvalue weighted by molar-refractivity contribution is 5.11. The number of hydrogen-bond donors (Lipinski definition) is 2. The molecule has 0 bridgehead atoms. The second-order valence-electron chi connectivity index (χ2n) is 5.68. The molecule has 1 aromatic rings. The van der Waals surface area contributed by atoms with Crippen LogP contribution in [0.4, 0.5) is 0 Å². The maximum absolute atomic E-state index is 5.78. The summed E-state index contributed by atoms with van der Waals surface area (Å²) in [6, 6.07) is 0.581. The molecule has 94 valence electrons. The number of ether oxygens (including phenoxy) is 1. The van der Waals surface area contributed by atoms with Crippen LogP contribution in [-0.2, 0) is 11.2 Å². The Bertz CT molecular complexity index is 376. The van der Waals surface area contributed by atoms with E-state index in [9.17, 15) is 0 Å². The maximum Gasteiger partial charge on any atom is 0.137 e. The van der Waals surface area contributed by atoms with E-state index >= 15 is 0 Å². The number of rotatable bonds is 4. The highest BCUT2D eigenvalue weighted by Gasteiger charge is 2.58. The zero-order valence-electron chi connectivity index (χ0n) is 10.4. The third-order valence-electron chi connectivity index (χ3n) is 4.29. The molecule has 2 N–H and O–H groups in total. The fourth-order valence-corrected chi connectivity index (χ4v) is 3.44. The van der Waals surface area contributed by atoms with Gasteiger partial charge in [-0.05, 0) is 6.42 Å². The average Bonchev–Trinajstić information content (AvgIpc) is 2.94. The number of nitrogens with zero attached hydrogens (tertiary/aromatic N) is 2. The Morgan fingerprint density at radius 2 is 2.47 bits per heavy atom. The Labute approximate surface area is 101 Å². The molecule has 3 rings (SSSR count). The average molecular weight is 236 g/mol. The van der Waals surface area contributed by atoms with Gasteiger partial charge < -0.3 is 10.1 Å². The Balaban J connectivity index is 1.52. The van der Waals surface area contributed by atoms with Gasteiger partial charge in [-0.2, -0.15) is 5.10 Å². The maximum atomic E-state index is 5.78. The second kappa shape index (κ2) is 4.07. The van der Waals surface area contributed by atoms with Crippen molar-refractivity contribution in [2.75, 3.05) is 13.2 Å². The van der Waals surface area contributed by atoms with Crippen molar-refractivity contribution < 1.29 is 4.74 Å². The highest BCUT2D eigenvalue weighted by atomic mass is 16.5. The Kier molecular flexibility index (Phi) is 2.67. The van der Waals surface area contributed by atoms with E-state index in [-0.39, 0.29) is 5.41 Å². The molecule has 2 aliphatic rings. The van der Waals surface area contributed by atoms with Crippen molar-refractivity contribution in [3.63, 3.8) is 0 Å². The van der Waals surface area contributed by atoms with Crippen LogP contribution in [-0.4, -0.2) is 40.5 Å². The van der Waals surface area contributed by atoms with Gasteiger partial charge >= 0.3 is 0 Å². The van der Waals surface area contributed by atoms with Crippen molar-refractivity contribution in [2.24, 2.45) is 11.3 Å². The molecule has 5 heteroatoms. The number of aromatic amines is 1. The van der Waals surface area contributed by atoms with E-state index in [1.165, 1.54) is 6.42 Å². The summed E-state index contributed by atoms with van der Waals surface area (Å²) in [7, 11) is 0. The molecule has 17 heavy (non-hydrogen) atoms. The summed E-state index contributed by atoms with van der Waals surface area (Å²) in [5.41, 5.74) is 0.266. The summed E-state index contributed by atoms with van der Waals surface area (Å²) in [6.45, 7) is 6.47. The summed E-state index contributed by atoms with van der Waals surface area (Å²) in [5.74, 6) is 1.66. The Morgan fingerprint density at radius 1 is 1.59 bits per heavy atom. The number of nitrogens with one attached hydrogen (secondary N) is 2. The summed E-state index contributed by atoms with van der Waals surface area (Å²) < 4.78 is 5.78. The molecule has 0 radical (unpaired) electrons. The van der Waals surface area contributed by atoms with Crippen LogP contribution in [0.3, 0.4) is 0 Å². The summed E-state index contributed by atoms with van der Waals surface area (Å²) >= 11 is 0. The van der Waals surface area contributed by atoms with Crippen molar-refractivity contribution in [1.29, 1.82) is 0 Å². The molecule has 2 heterocycles. The first-order valence-electron chi connectivity index (χ1n) is 6.39. The van der Waals surface area contributed by atoms with E-state index in [2.05, 4.69) is 34.3 Å². The molecule has 1 aliphatic carbocycles. The van der Waals surface area contributed by atoms with Gasteiger partial charge in [-0.25, -0.2) is 4.98 Å². The molecular formula is C12H20N4O. The van der Waals surface area contributed by atoms with Crippen LogP contribution in [0.5, 0.6) is 0 Å². The molecule has 1 saturated carbocycles. The monoisotopic (exact) mass is 236 g/mol. The van der Waals surface area contributed by atoms with E-state index in [1.807, 2.05) is 0 Å². The lowest BCUT2D eigenvalue weighted by Crippen LogP contribution is -2.66. The van der Waals surface area contributed by atoms with Gasteiger partial charge in [0.1, 0.15) is 12.2 Å². The summed E-state index contributed by atoms with van der Waals surface area (Å²) in [5, 5.41) is 10.4. The van der Waals surface area contributed by atoms with Crippen LogP contribution in [0.25, 0.3) is 0 Å². The van der Waals surface area contributed by atoms with E-state index in [0.29, 0.717) is 18.1 Å². The summed E-state index contributed by atoms with van der Waals surface area (Å²) in [4.78, 5) is 4.13. The van der Waals surface area contributed by atoms with Crippen molar-refractivity contribution >= 4 is 0 Å². The minimum atomic E-state index is 0.266. The number of fused-ring (bicyclic) bond motifs is 1. The van der Waals surface area contributed by atoms with E-state index in [4.69, 9.17) is 4.74 Å². The first-order valence-corrected chi connectivity index (χ1v) is 6.39. The fourth-order valence-electron chi connectivity index (χ4n) is 3.44. The predicted molar refractivity (Wildman–Crippen MR) is 63.5 cm³/mol. The highest BCUT2D eigenvalue weighted by Crippen LogP contribution is 2.51. The van der Waals surface area contributed by atoms with E-state index in [1.54, 1.807) is 6.33 Å². The first kappa shape index (κ1) is 11.2. The Morgan fingerprint density at radius 3 is 3.24 bits per heavy atom. The van der Waals surface area contributed by atoms with Gasteiger partial charge in [-0.1, -0.05) is 13.8 Å². The van der Waals surface area contributed by atoms with Crippen molar-refractivity contribution in [2.45, 2.75) is 38.8 Å². The van der Waals surface area contributed by atoms with Gasteiger partial charge in [0.05, 0.1) is 6.10 Å². The number of aromatic nitrogens is 3. The lowest BCUT2D eigenvalue weighted by Gasteiger charge is -2.55. The fraction of sp³-hybridized carbons (Fsp3) is 0.833. The van der Waals surface area contributed by atoms with Crippen LogP contribution in [0.15, 0.2) is 6.33 Å². The molecule has 0 spiro atoms. The quantitative estimate of drug-likeness (QED) is 0.810. The van der Waals surface area contributed by atoms with Gasteiger partial charge in [0.15, 0.2) is 0 Å². The smallest absolute Gasteiger partial charge is 0.137 e. The minimum Gasteiger partial charge on any atom is -0.377 e. The molecule has 1 saturated heterocycles. The van der Waals surface area contributed by atoms with Crippen molar-refractivity contribution in [3.8, 4) is 0 Å². The van der Waals surface area contributed by atoms with Gasteiger partial charge in [0.25, 0.3) is 0 Å². The third kappa shape index (κ3) is 1.77. The van der Waals surface area contributed by atoms with Crippen LogP contribution in [0.2, 0.25) is 0 Å². The molecule has 0 amide bonds. The number of hydrogen-bond acceptors (Lipinski definition) is 4. The standard InChI is InChI=1S/C12H20N4O/c1-12(2)10(8-4-6-17-11(8)12)13-5-3-9-14-7-15-16-9/h7-8,10-11,13H,3-6H2,1-2H3,(H,14,15,16). The molecule has 3 unspecified atom stereocenters. The van der Waals surface area contributed by atoms with Crippen molar-refractivity contribution in [3.05, 3.63) is 12.2 Å². The van der Waals surface area contributed by atoms with E-state index < -0.39 is 0 Å². The first-order chi connectivity index (χ1) is 8.19. The normalized spacial score (nSPS) is 34.4. The molecule has 1 aliphatic heterocycles. The SMILES string of the molecule is CC1(C)C(NCCc2ncn[nH]2)C2CCOC21. The zero-order valence-corrected chi connectivity index (χ0v) is 10.4.